The fraction of sp³-hybridized carbons (Fsp3) is 0.350. The van der Waals surface area contributed by atoms with Gasteiger partial charge in [-0.1, -0.05) is 0 Å². The van der Waals surface area contributed by atoms with Crippen LogP contribution in [0.15, 0.2) is 30.5 Å². The highest BCUT2D eigenvalue weighted by atomic mass is 35.5. The van der Waals surface area contributed by atoms with E-state index in [-0.39, 0.29) is 19.0 Å². The maximum absolute atomic E-state index is 13.4. The molecule has 2 N–H and O–H groups in total. The van der Waals surface area contributed by atoms with Crippen LogP contribution in [0.5, 0.6) is 5.75 Å². The molecule has 4 nitrogen and oxygen atoms in total. The van der Waals surface area contributed by atoms with Gasteiger partial charge in [0.1, 0.15) is 29.5 Å². The third-order valence-electron chi connectivity index (χ3n) is 4.34. The highest BCUT2D eigenvalue weighted by Crippen LogP contribution is 2.32. The number of rotatable bonds is 5. The van der Waals surface area contributed by atoms with Crippen molar-refractivity contribution in [1.29, 1.82) is 0 Å². The van der Waals surface area contributed by atoms with Crippen LogP contribution in [-0.2, 0) is 13.2 Å². The molecule has 146 valence electrons. The van der Waals surface area contributed by atoms with Crippen LogP contribution >= 0.6 is 12.4 Å². The Morgan fingerprint density at radius 3 is 2.37 bits per heavy atom. The summed E-state index contributed by atoms with van der Waals surface area (Å²) in [7, 11) is 0. The van der Waals surface area contributed by atoms with E-state index in [0.29, 0.717) is 17.9 Å². The molecule has 7 heteroatoms. The smallest absolute Gasteiger partial charge is 0.147 e. The fourth-order valence-corrected chi connectivity index (χ4v) is 3.09. The molecule has 0 unspecified atom stereocenters. The van der Waals surface area contributed by atoms with Crippen LogP contribution in [0, 0.1) is 25.5 Å². The largest absolute Gasteiger partial charge is 0.487 e. The summed E-state index contributed by atoms with van der Waals surface area (Å²) in [4.78, 5) is 4.47. The molecule has 0 aliphatic heterocycles. The van der Waals surface area contributed by atoms with Gasteiger partial charge < -0.3 is 15.0 Å². The number of pyridine rings is 1. The first-order valence-corrected chi connectivity index (χ1v) is 8.47. The molecule has 2 heterocycles. The van der Waals surface area contributed by atoms with E-state index < -0.39 is 17.2 Å². The molecule has 0 bridgehead atoms. The van der Waals surface area contributed by atoms with Crippen LogP contribution < -0.4 is 10.5 Å². The van der Waals surface area contributed by atoms with Crippen LogP contribution in [0.2, 0.25) is 0 Å². The van der Waals surface area contributed by atoms with Gasteiger partial charge in [-0.05, 0) is 51.0 Å². The van der Waals surface area contributed by atoms with Gasteiger partial charge in [0.25, 0.3) is 0 Å². The molecule has 0 spiro atoms. The Morgan fingerprint density at radius 1 is 1.15 bits per heavy atom. The Bertz CT molecular complexity index is 944. The molecule has 2 aromatic heterocycles. The Hall–Kier alpha value is -2.18. The predicted octanol–water partition coefficient (Wildman–Crippen LogP) is 4.67. The molecule has 0 atom stereocenters. The average molecular weight is 396 g/mol. The molecular formula is C20H24ClF2N3O. The quantitative estimate of drug-likeness (QED) is 0.683. The minimum atomic E-state index is -0.622. The summed E-state index contributed by atoms with van der Waals surface area (Å²) in [5, 5.41) is 0. The minimum Gasteiger partial charge on any atom is -0.487 e. The summed E-state index contributed by atoms with van der Waals surface area (Å²) >= 11 is 0. The molecule has 0 aliphatic carbocycles. The van der Waals surface area contributed by atoms with Crippen LogP contribution in [-0.4, -0.2) is 15.1 Å². The van der Waals surface area contributed by atoms with Crippen molar-refractivity contribution < 1.29 is 13.5 Å². The number of nitrogens with zero attached hydrogens (tertiary/aromatic N) is 2. The highest BCUT2D eigenvalue weighted by molar-refractivity contribution is 5.86. The third-order valence-corrected chi connectivity index (χ3v) is 4.34. The van der Waals surface area contributed by atoms with Crippen molar-refractivity contribution in [1.82, 2.24) is 9.55 Å². The summed E-state index contributed by atoms with van der Waals surface area (Å²) < 4.78 is 34.8. The molecule has 3 rings (SSSR count). The zero-order chi connectivity index (χ0) is 19.1. The fourth-order valence-electron chi connectivity index (χ4n) is 3.09. The van der Waals surface area contributed by atoms with Gasteiger partial charge in [-0.15, -0.1) is 12.4 Å². The van der Waals surface area contributed by atoms with E-state index in [0.717, 1.165) is 28.4 Å². The molecular weight excluding hydrogens is 372 g/mol. The first-order chi connectivity index (χ1) is 12.2. The Balaban J connectivity index is 0.00000261. The number of halogens is 3. The first-order valence-electron chi connectivity index (χ1n) is 8.47. The summed E-state index contributed by atoms with van der Waals surface area (Å²) in [5.74, 6) is -0.632. The molecule has 0 radical (unpaired) electrons. The number of aromatic nitrogens is 2. The Kier molecular flexibility index (Phi) is 6.12. The van der Waals surface area contributed by atoms with E-state index in [1.165, 1.54) is 12.1 Å². The minimum absolute atomic E-state index is 0. The van der Waals surface area contributed by atoms with Crippen LogP contribution in [0.1, 0.15) is 30.7 Å². The number of ether oxygens (including phenoxy) is 1. The highest BCUT2D eigenvalue weighted by Gasteiger charge is 2.21. The lowest BCUT2D eigenvalue weighted by Crippen LogP contribution is -2.37. The van der Waals surface area contributed by atoms with Gasteiger partial charge in [-0.3, -0.25) is 4.98 Å². The van der Waals surface area contributed by atoms with E-state index in [1.807, 2.05) is 27.7 Å². The number of benzene rings is 1. The Labute approximate surface area is 163 Å². The number of hydrogen-bond donors (Lipinski definition) is 1. The van der Waals surface area contributed by atoms with Gasteiger partial charge in [0.2, 0.25) is 0 Å². The van der Waals surface area contributed by atoms with Gasteiger partial charge in [-0.2, -0.15) is 0 Å². The zero-order valence-corrected chi connectivity index (χ0v) is 16.7. The third kappa shape index (κ3) is 4.57. The molecule has 0 saturated carbocycles. The second-order valence-electron chi connectivity index (χ2n) is 7.36. The average Bonchev–Trinajstić information content (AvgIpc) is 2.76. The van der Waals surface area contributed by atoms with Crippen molar-refractivity contribution in [3.63, 3.8) is 0 Å². The van der Waals surface area contributed by atoms with Crippen molar-refractivity contribution in [2.24, 2.45) is 5.73 Å². The summed E-state index contributed by atoms with van der Waals surface area (Å²) in [6.07, 6.45) is 1.67. The zero-order valence-electron chi connectivity index (χ0n) is 15.8. The molecule has 0 fully saturated rings. The van der Waals surface area contributed by atoms with E-state index in [1.54, 1.807) is 12.3 Å². The molecule has 1 aromatic carbocycles. The van der Waals surface area contributed by atoms with Crippen molar-refractivity contribution in [3.8, 4) is 5.75 Å². The monoisotopic (exact) mass is 395 g/mol. The van der Waals surface area contributed by atoms with Gasteiger partial charge in [0.15, 0.2) is 0 Å². The summed E-state index contributed by atoms with van der Waals surface area (Å²) in [5.41, 5.74) is 10.1. The van der Waals surface area contributed by atoms with Gasteiger partial charge in [-0.25, -0.2) is 8.78 Å². The number of aryl methyl sites for hydroxylation is 1. The van der Waals surface area contributed by atoms with Crippen LogP contribution in [0.4, 0.5) is 8.78 Å². The SMILES string of the molecule is Cc1c(C)n(CC(C)(C)N)c2c(OCc3cc(F)cc(F)c3)ccnc12.Cl. The molecule has 3 aromatic rings. The predicted molar refractivity (Wildman–Crippen MR) is 105 cm³/mol. The lowest BCUT2D eigenvalue weighted by atomic mass is 10.1. The second-order valence-corrected chi connectivity index (χ2v) is 7.36. The normalized spacial score (nSPS) is 11.5. The van der Waals surface area contributed by atoms with Crippen molar-refractivity contribution in [2.45, 2.75) is 46.4 Å². The lowest BCUT2D eigenvalue weighted by Gasteiger charge is -2.22. The standard InChI is InChI=1S/C20H23F2N3O.ClH/c1-12-13(2)25(11-20(3,4)23)19-17(5-6-24-18(12)19)26-10-14-7-15(21)9-16(22)8-14;/h5-9H,10-11,23H2,1-4H3;1H. The van der Waals surface area contributed by atoms with Crippen LogP contribution in [0.3, 0.4) is 0 Å². The molecule has 27 heavy (non-hydrogen) atoms. The van der Waals surface area contributed by atoms with Gasteiger partial charge in [0.05, 0.1) is 5.52 Å². The molecule has 0 saturated heterocycles. The maximum atomic E-state index is 13.4. The second kappa shape index (κ2) is 7.82. The Morgan fingerprint density at radius 2 is 1.78 bits per heavy atom. The van der Waals surface area contributed by atoms with E-state index in [2.05, 4.69) is 9.55 Å². The number of hydrogen-bond acceptors (Lipinski definition) is 3. The molecule has 0 aliphatic rings. The maximum Gasteiger partial charge on any atom is 0.147 e. The topological polar surface area (TPSA) is 53.1 Å². The van der Waals surface area contributed by atoms with Crippen molar-refractivity contribution in [2.75, 3.05) is 0 Å². The van der Waals surface area contributed by atoms with E-state index >= 15 is 0 Å². The van der Waals surface area contributed by atoms with E-state index in [4.69, 9.17) is 10.5 Å². The van der Waals surface area contributed by atoms with Gasteiger partial charge >= 0.3 is 0 Å². The molecule has 0 amide bonds. The van der Waals surface area contributed by atoms with E-state index in [9.17, 15) is 8.78 Å². The van der Waals surface area contributed by atoms with Gasteiger partial charge in [0, 0.05) is 36.1 Å². The number of fused-ring (bicyclic) bond motifs is 1. The summed E-state index contributed by atoms with van der Waals surface area (Å²) in [6, 6.07) is 5.13. The van der Waals surface area contributed by atoms with Crippen molar-refractivity contribution >= 4 is 23.4 Å². The lowest BCUT2D eigenvalue weighted by molar-refractivity contribution is 0.306. The van der Waals surface area contributed by atoms with Crippen LogP contribution in [0.25, 0.3) is 11.0 Å². The first kappa shape index (κ1) is 21.1. The van der Waals surface area contributed by atoms with Crippen molar-refractivity contribution in [3.05, 3.63) is 58.9 Å². The number of nitrogens with two attached hydrogens (primary N) is 1. The summed E-state index contributed by atoms with van der Waals surface area (Å²) in [6.45, 7) is 8.61.